The van der Waals surface area contributed by atoms with Gasteiger partial charge in [0.1, 0.15) is 0 Å². The molecule has 0 saturated heterocycles. The fourth-order valence-electron chi connectivity index (χ4n) is 1.99. The van der Waals surface area contributed by atoms with E-state index in [-0.39, 0.29) is 5.11 Å². The highest BCUT2D eigenvalue weighted by molar-refractivity contribution is 7.80. The smallest absolute Gasteiger partial charge is 0.207 e. The van der Waals surface area contributed by atoms with Gasteiger partial charge >= 0.3 is 0 Å². The van der Waals surface area contributed by atoms with Crippen molar-refractivity contribution in [1.29, 1.82) is 0 Å². The number of nitrogens with one attached hydrogen (secondary N) is 2. The minimum atomic E-state index is 0.197. The number of nitrogens with two attached hydrogens (primary N) is 1. The lowest BCUT2D eigenvalue weighted by molar-refractivity contribution is 1.33. The Hall–Kier alpha value is -2.40. The van der Waals surface area contributed by atoms with E-state index in [4.69, 9.17) is 18.0 Å². The van der Waals surface area contributed by atoms with E-state index < -0.39 is 0 Å². The number of thiocarbonyl (C=S) groups is 1. The molecule has 1 aromatic heterocycles. The van der Waals surface area contributed by atoms with Crippen molar-refractivity contribution in [1.82, 2.24) is 9.97 Å². The van der Waals surface area contributed by atoms with Gasteiger partial charge in [-0.1, -0.05) is 36.4 Å². The molecule has 0 aliphatic rings. The van der Waals surface area contributed by atoms with Crippen molar-refractivity contribution < 1.29 is 0 Å². The topological polar surface area (TPSA) is 66.7 Å². The van der Waals surface area contributed by atoms with Crippen molar-refractivity contribution in [2.24, 2.45) is 5.73 Å². The molecule has 0 radical (unpaired) electrons. The highest BCUT2D eigenvalue weighted by atomic mass is 32.1. The van der Waals surface area contributed by atoms with Crippen LogP contribution in [0.3, 0.4) is 0 Å². The summed E-state index contributed by atoms with van der Waals surface area (Å²) in [6.07, 6.45) is 0. The SMILES string of the molecule is NC(=S)Nc1nc2cc(-c3ccccc3)ccc2[nH]1. The predicted octanol–water partition coefficient (Wildman–Crippen LogP) is 2.89. The van der Waals surface area contributed by atoms with E-state index in [2.05, 4.69) is 33.5 Å². The van der Waals surface area contributed by atoms with Crippen LogP contribution in [0.4, 0.5) is 5.95 Å². The number of hydrogen-bond donors (Lipinski definition) is 3. The lowest BCUT2D eigenvalue weighted by Crippen LogP contribution is -2.19. The zero-order valence-corrected chi connectivity index (χ0v) is 10.9. The van der Waals surface area contributed by atoms with Gasteiger partial charge in [0, 0.05) is 0 Å². The molecule has 4 nitrogen and oxygen atoms in total. The summed E-state index contributed by atoms with van der Waals surface area (Å²) in [7, 11) is 0. The van der Waals surface area contributed by atoms with Crippen molar-refractivity contribution in [2.75, 3.05) is 5.32 Å². The number of anilines is 1. The average molecular weight is 268 g/mol. The zero-order valence-electron chi connectivity index (χ0n) is 10.1. The molecule has 3 rings (SSSR count). The molecular formula is C14H12N4S. The van der Waals surface area contributed by atoms with Gasteiger partial charge < -0.3 is 16.0 Å². The Morgan fingerprint density at radius 1 is 1.11 bits per heavy atom. The summed E-state index contributed by atoms with van der Waals surface area (Å²) in [5, 5.41) is 2.99. The summed E-state index contributed by atoms with van der Waals surface area (Å²) in [6.45, 7) is 0. The molecule has 19 heavy (non-hydrogen) atoms. The Bertz CT molecular complexity index is 734. The van der Waals surface area contributed by atoms with Crippen LogP contribution in [-0.2, 0) is 0 Å². The van der Waals surface area contributed by atoms with Crippen LogP contribution < -0.4 is 11.1 Å². The highest BCUT2D eigenvalue weighted by Gasteiger charge is 2.05. The maximum Gasteiger partial charge on any atom is 0.207 e. The van der Waals surface area contributed by atoms with Crippen LogP contribution in [0.25, 0.3) is 22.2 Å². The van der Waals surface area contributed by atoms with Crippen LogP contribution in [0.5, 0.6) is 0 Å². The van der Waals surface area contributed by atoms with Gasteiger partial charge in [0.25, 0.3) is 0 Å². The van der Waals surface area contributed by atoms with Crippen LogP contribution in [0.2, 0.25) is 0 Å². The summed E-state index contributed by atoms with van der Waals surface area (Å²) >= 11 is 4.79. The van der Waals surface area contributed by atoms with Crippen molar-refractivity contribution in [2.45, 2.75) is 0 Å². The zero-order chi connectivity index (χ0) is 13.2. The van der Waals surface area contributed by atoms with Crippen molar-refractivity contribution in [3.8, 4) is 11.1 Å². The Balaban J connectivity index is 2.03. The first kappa shape index (κ1) is 11.7. The number of H-pyrrole nitrogens is 1. The molecule has 0 spiro atoms. The first-order valence-electron chi connectivity index (χ1n) is 5.84. The molecule has 2 aromatic carbocycles. The van der Waals surface area contributed by atoms with E-state index >= 15 is 0 Å². The molecular weight excluding hydrogens is 256 g/mol. The highest BCUT2D eigenvalue weighted by Crippen LogP contribution is 2.23. The molecule has 4 N–H and O–H groups in total. The molecule has 94 valence electrons. The molecule has 5 heteroatoms. The molecule has 0 aliphatic carbocycles. The van der Waals surface area contributed by atoms with E-state index in [1.165, 1.54) is 0 Å². The third-order valence-electron chi connectivity index (χ3n) is 2.83. The maximum absolute atomic E-state index is 5.43. The molecule has 3 aromatic rings. The summed E-state index contributed by atoms with van der Waals surface area (Å²) in [6, 6.07) is 16.3. The number of hydrogen-bond acceptors (Lipinski definition) is 2. The van der Waals surface area contributed by atoms with Crippen molar-refractivity contribution >= 4 is 34.3 Å². The van der Waals surface area contributed by atoms with Crippen LogP contribution in [-0.4, -0.2) is 15.1 Å². The number of nitrogens with zero attached hydrogens (tertiary/aromatic N) is 1. The van der Waals surface area contributed by atoms with Gasteiger partial charge in [0.15, 0.2) is 5.11 Å². The Kier molecular flexibility index (Phi) is 2.89. The van der Waals surface area contributed by atoms with Gasteiger partial charge in [-0.3, -0.25) is 0 Å². The lowest BCUT2D eigenvalue weighted by atomic mass is 10.1. The van der Waals surface area contributed by atoms with Gasteiger partial charge in [-0.05, 0) is 35.5 Å². The number of benzene rings is 2. The Morgan fingerprint density at radius 2 is 1.89 bits per heavy atom. The van der Waals surface area contributed by atoms with Crippen LogP contribution in [0.1, 0.15) is 0 Å². The molecule has 0 atom stereocenters. The normalized spacial score (nSPS) is 10.5. The first-order chi connectivity index (χ1) is 9.22. The Labute approximate surface area is 115 Å². The van der Waals surface area contributed by atoms with Crippen LogP contribution in [0, 0.1) is 0 Å². The third kappa shape index (κ3) is 2.41. The van der Waals surface area contributed by atoms with Gasteiger partial charge in [-0.15, -0.1) is 0 Å². The minimum absolute atomic E-state index is 0.197. The fraction of sp³-hybridized carbons (Fsp3) is 0. The second-order valence-corrected chi connectivity index (χ2v) is 4.61. The summed E-state index contributed by atoms with van der Waals surface area (Å²) in [5.74, 6) is 0.563. The van der Waals surface area contributed by atoms with Gasteiger partial charge in [-0.25, -0.2) is 4.98 Å². The second kappa shape index (κ2) is 4.70. The van der Waals surface area contributed by atoms with E-state index in [1.807, 2.05) is 30.3 Å². The summed E-state index contributed by atoms with van der Waals surface area (Å²) in [5.41, 5.74) is 9.54. The molecule has 1 heterocycles. The van der Waals surface area contributed by atoms with Crippen LogP contribution >= 0.6 is 12.2 Å². The summed E-state index contributed by atoms with van der Waals surface area (Å²) < 4.78 is 0. The number of rotatable bonds is 2. The van der Waals surface area contributed by atoms with Gasteiger partial charge in [0.05, 0.1) is 11.0 Å². The van der Waals surface area contributed by atoms with E-state index in [9.17, 15) is 0 Å². The lowest BCUT2D eigenvalue weighted by Gasteiger charge is -2.00. The molecule has 0 bridgehead atoms. The average Bonchev–Trinajstić information content (AvgIpc) is 2.79. The van der Waals surface area contributed by atoms with E-state index in [0.717, 1.165) is 22.2 Å². The predicted molar refractivity (Wildman–Crippen MR) is 81.9 cm³/mol. The fourth-order valence-corrected chi connectivity index (χ4v) is 2.09. The Morgan fingerprint density at radius 3 is 2.63 bits per heavy atom. The number of aromatic nitrogens is 2. The van der Waals surface area contributed by atoms with E-state index in [0.29, 0.717) is 5.95 Å². The first-order valence-corrected chi connectivity index (χ1v) is 6.25. The molecule has 0 amide bonds. The molecule has 0 fully saturated rings. The maximum atomic E-state index is 5.43. The number of aromatic amines is 1. The largest absolute Gasteiger partial charge is 0.376 e. The van der Waals surface area contributed by atoms with Gasteiger partial charge in [-0.2, -0.15) is 0 Å². The molecule has 0 aliphatic heterocycles. The quantitative estimate of drug-likeness (QED) is 0.625. The third-order valence-corrected chi connectivity index (χ3v) is 2.93. The standard InChI is InChI=1S/C14H12N4S/c15-13(19)18-14-16-11-7-6-10(8-12(11)17-14)9-4-2-1-3-5-9/h1-8H,(H4,15,16,17,18,19). The number of fused-ring (bicyclic) bond motifs is 1. The summed E-state index contributed by atoms with van der Waals surface area (Å²) in [4.78, 5) is 7.52. The monoisotopic (exact) mass is 268 g/mol. The molecule has 0 saturated carbocycles. The van der Waals surface area contributed by atoms with Crippen LogP contribution in [0.15, 0.2) is 48.5 Å². The van der Waals surface area contributed by atoms with Crippen molar-refractivity contribution in [3.05, 3.63) is 48.5 Å². The second-order valence-electron chi connectivity index (χ2n) is 4.17. The minimum Gasteiger partial charge on any atom is -0.376 e. The van der Waals surface area contributed by atoms with Gasteiger partial charge in [0.2, 0.25) is 5.95 Å². The van der Waals surface area contributed by atoms with Crippen molar-refractivity contribution in [3.63, 3.8) is 0 Å². The molecule has 0 unspecified atom stereocenters. The number of imidazole rings is 1. The van der Waals surface area contributed by atoms with E-state index in [1.54, 1.807) is 0 Å².